The van der Waals surface area contributed by atoms with E-state index in [9.17, 15) is 0 Å². The molecule has 3 aromatic heterocycles. The highest BCUT2D eigenvalue weighted by Gasteiger charge is 2.12. The molecule has 0 spiro atoms. The van der Waals surface area contributed by atoms with Gasteiger partial charge >= 0.3 is 0 Å². The number of rotatable bonds is 4. The van der Waals surface area contributed by atoms with Gasteiger partial charge in [0.25, 0.3) is 0 Å². The van der Waals surface area contributed by atoms with Crippen LogP contribution >= 0.6 is 0 Å². The van der Waals surface area contributed by atoms with Crippen LogP contribution in [0.4, 0.5) is 5.82 Å². The van der Waals surface area contributed by atoms with Crippen LogP contribution in [0.5, 0.6) is 0 Å². The van der Waals surface area contributed by atoms with Gasteiger partial charge in [0, 0.05) is 17.8 Å². The number of H-pyrrole nitrogens is 1. The molecule has 0 saturated carbocycles. The minimum Gasteiger partial charge on any atom is -0.382 e. The normalized spacial score (nSPS) is 11.5. The maximum atomic E-state index is 6.10. The Morgan fingerprint density at radius 2 is 2.22 bits per heavy atom. The Bertz CT molecular complexity index is 969. The van der Waals surface area contributed by atoms with Crippen molar-refractivity contribution in [1.29, 1.82) is 0 Å². The van der Waals surface area contributed by atoms with Crippen LogP contribution in [0.25, 0.3) is 27.6 Å². The summed E-state index contributed by atoms with van der Waals surface area (Å²) in [6, 6.07) is 7.90. The van der Waals surface area contributed by atoms with E-state index in [1.165, 1.54) is 0 Å². The number of nitrogens with one attached hydrogen (secondary N) is 2. The summed E-state index contributed by atoms with van der Waals surface area (Å²) in [6.45, 7) is 3.63. The lowest BCUT2D eigenvalue weighted by Gasteiger charge is -2.05. The summed E-state index contributed by atoms with van der Waals surface area (Å²) >= 11 is 0. The summed E-state index contributed by atoms with van der Waals surface area (Å²) in [4.78, 5) is 12.4. The topological polar surface area (TPSA) is 97.4 Å². The Balaban J connectivity index is 1.89. The minimum atomic E-state index is 0.434. The number of benzene rings is 1. The SMILES string of the molecule is CCNCc1nc2c(N)nc3cc(-n4cccn4)ccc3c2[nH]1. The van der Waals surface area contributed by atoms with Gasteiger partial charge in [-0.3, -0.25) is 0 Å². The van der Waals surface area contributed by atoms with E-state index in [1.807, 2.05) is 30.5 Å². The molecule has 0 saturated heterocycles. The number of nitrogens with zero attached hydrogens (tertiary/aromatic N) is 4. The number of nitrogens with two attached hydrogens (primary N) is 1. The fourth-order valence-electron chi connectivity index (χ4n) is 2.70. The van der Waals surface area contributed by atoms with Gasteiger partial charge in [0.2, 0.25) is 0 Å². The van der Waals surface area contributed by atoms with Crippen molar-refractivity contribution in [3.05, 3.63) is 42.5 Å². The minimum absolute atomic E-state index is 0.434. The maximum Gasteiger partial charge on any atom is 0.152 e. The van der Waals surface area contributed by atoms with Gasteiger partial charge in [-0.15, -0.1) is 0 Å². The van der Waals surface area contributed by atoms with Crippen molar-refractivity contribution in [2.45, 2.75) is 13.5 Å². The van der Waals surface area contributed by atoms with E-state index in [2.05, 4.69) is 32.3 Å². The van der Waals surface area contributed by atoms with Crippen LogP contribution in [0, 0.1) is 0 Å². The van der Waals surface area contributed by atoms with Crippen LogP contribution in [0.15, 0.2) is 36.7 Å². The Morgan fingerprint density at radius 3 is 3.00 bits per heavy atom. The largest absolute Gasteiger partial charge is 0.382 e. The van der Waals surface area contributed by atoms with Gasteiger partial charge in [0.15, 0.2) is 5.82 Å². The predicted molar refractivity (Wildman–Crippen MR) is 90.3 cm³/mol. The molecular weight excluding hydrogens is 290 g/mol. The molecule has 0 aliphatic carbocycles. The lowest BCUT2D eigenvalue weighted by molar-refractivity contribution is 0.700. The standard InChI is InChI=1S/C16H17N7/c1-2-18-9-13-21-14-11-5-4-10(23-7-3-6-19-23)8-12(11)20-16(17)15(14)22-13/h3-8,18H,2,9H2,1H3,(H2,17,20)(H,21,22). The van der Waals surface area contributed by atoms with E-state index in [4.69, 9.17) is 5.73 Å². The van der Waals surface area contributed by atoms with Gasteiger partial charge < -0.3 is 16.0 Å². The van der Waals surface area contributed by atoms with Crippen molar-refractivity contribution < 1.29 is 0 Å². The van der Waals surface area contributed by atoms with E-state index in [1.54, 1.807) is 10.9 Å². The van der Waals surface area contributed by atoms with Crippen LogP contribution < -0.4 is 11.1 Å². The van der Waals surface area contributed by atoms with Gasteiger partial charge in [-0.1, -0.05) is 6.92 Å². The zero-order valence-electron chi connectivity index (χ0n) is 12.7. The fourth-order valence-corrected chi connectivity index (χ4v) is 2.70. The van der Waals surface area contributed by atoms with Gasteiger partial charge in [-0.25, -0.2) is 14.6 Å². The summed E-state index contributed by atoms with van der Waals surface area (Å²) in [5, 5.41) is 8.50. The van der Waals surface area contributed by atoms with Crippen molar-refractivity contribution in [3.63, 3.8) is 0 Å². The molecule has 0 amide bonds. The number of aromatic nitrogens is 5. The Kier molecular flexibility index (Phi) is 3.20. The van der Waals surface area contributed by atoms with Crippen LogP contribution in [-0.2, 0) is 6.54 Å². The van der Waals surface area contributed by atoms with Crippen molar-refractivity contribution in [3.8, 4) is 5.69 Å². The summed E-state index contributed by atoms with van der Waals surface area (Å²) in [5.41, 5.74) is 9.51. The molecule has 3 heterocycles. The third kappa shape index (κ3) is 2.31. The second kappa shape index (κ2) is 5.36. The van der Waals surface area contributed by atoms with Crippen molar-refractivity contribution in [1.82, 2.24) is 30.0 Å². The molecule has 1 aromatic carbocycles. The van der Waals surface area contributed by atoms with Gasteiger partial charge in [0.05, 0.1) is 23.3 Å². The van der Waals surface area contributed by atoms with Crippen molar-refractivity contribution in [2.75, 3.05) is 12.3 Å². The number of aromatic amines is 1. The van der Waals surface area contributed by atoms with Crippen LogP contribution in [0.1, 0.15) is 12.7 Å². The van der Waals surface area contributed by atoms with Gasteiger partial charge in [0.1, 0.15) is 11.3 Å². The number of anilines is 1. The molecule has 0 radical (unpaired) electrons. The lowest BCUT2D eigenvalue weighted by Crippen LogP contribution is -2.12. The van der Waals surface area contributed by atoms with E-state index in [0.29, 0.717) is 12.4 Å². The van der Waals surface area contributed by atoms with Crippen LogP contribution in [-0.4, -0.2) is 31.3 Å². The van der Waals surface area contributed by atoms with Gasteiger partial charge in [-0.05, 0) is 30.8 Å². The molecule has 4 aromatic rings. The second-order valence-corrected chi connectivity index (χ2v) is 5.34. The first-order valence-corrected chi connectivity index (χ1v) is 7.55. The molecule has 23 heavy (non-hydrogen) atoms. The summed E-state index contributed by atoms with van der Waals surface area (Å²) in [7, 11) is 0. The number of pyridine rings is 1. The van der Waals surface area contributed by atoms with E-state index < -0.39 is 0 Å². The molecule has 7 nitrogen and oxygen atoms in total. The molecule has 0 unspecified atom stereocenters. The molecule has 0 fully saturated rings. The highest BCUT2D eigenvalue weighted by molar-refractivity contribution is 6.06. The maximum absolute atomic E-state index is 6.10. The molecule has 0 bridgehead atoms. The quantitative estimate of drug-likeness (QED) is 0.535. The average molecular weight is 307 g/mol. The Morgan fingerprint density at radius 1 is 1.30 bits per heavy atom. The van der Waals surface area contributed by atoms with E-state index >= 15 is 0 Å². The number of hydrogen-bond donors (Lipinski definition) is 3. The second-order valence-electron chi connectivity index (χ2n) is 5.34. The highest BCUT2D eigenvalue weighted by Crippen LogP contribution is 2.27. The van der Waals surface area contributed by atoms with E-state index in [-0.39, 0.29) is 0 Å². The third-order valence-corrected chi connectivity index (χ3v) is 3.80. The zero-order chi connectivity index (χ0) is 15.8. The van der Waals surface area contributed by atoms with E-state index in [0.717, 1.165) is 40.0 Å². The van der Waals surface area contributed by atoms with Gasteiger partial charge in [-0.2, -0.15) is 5.10 Å². The molecule has 0 atom stereocenters. The average Bonchev–Trinajstić information content (AvgIpc) is 3.22. The molecule has 0 aliphatic heterocycles. The number of fused-ring (bicyclic) bond motifs is 3. The number of nitrogen functional groups attached to an aromatic ring is 1. The molecular formula is C16H17N7. The summed E-state index contributed by atoms with van der Waals surface area (Å²) in [6.07, 6.45) is 3.64. The number of imidazole rings is 1. The third-order valence-electron chi connectivity index (χ3n) is 3.80. The van der Waals surface area contributed by atoms with Crippen LogP contribution in [0.2, 0.25) is 0 Å². The summed E-state index contributed by atoms with van der Waals surface area (Å²) in [5.74, 6) is 1.29. The fraction of sp³-hybridized carbons (Fsp3) is 0.188. The van der Waals surface area contributed by atoms with Crippen LogP contribution in [0.3, 0.4) is 0 Å². The molecule has 4 rings (SSSR count). The zero-order valence-corrected chi connectivity index (χ0v) is 12.7. The van der Waals surface area contributed by atoms with Crippen molar-refractivity contribution >= 4 is 27.8 Å². The predicted octanol–water partition coefficient (Wildman–Crippen LogP) is 1.99. The molecule has 7 heteroatoms. The molecule has 116 valence electrons. The summed E-state index contributed by atoms with van der Waals surface area (Å²) < 4.78 is 1.80. The first-order valence-electron chi connectivity index (χ1n) is 7.55. The molecule has 0 aliphatic rings. The monoisotopic (exact) mass is 307 g/mol. The highest BCUT2D eigenvalue weighted by atomic mass is 15.3. The lowest BCUT2D eigenvalue weighted by atomic mass is 10.1. The Hall–Kier alpha value is -2.93. The first kappa shape index (κ1) is 13.7. The number of hydrogen-bond acceptors (Lipinski definition) is 5. The smallest absolute Gasteiger partial charge is 0.152 e. The first-order chi connectivity index (χ1) is 11.3. The van der Waals surface area contributed by atoms with Crippen molar-refractivity contribution in [2.24, 2.45) is 0 Å². The Labute approximate surface area is 132 Å². The molecule has 4 N–H and O–H groups in total.